The van der Waals surface area contributed by atoms with Crippen LogP contribution < -0.4 is 0 Å². The van der Waals surface area contributed by atoms with Crippen molar-refractivity contribution in [3.63, 3.8) is 0 Å². The summed E-state index contributed by atoms with van der Waals surface area (Å²) >= 11 is 5.40. The van der Waals surface area contributed by atoms with E-state index in [-0.39, 0.29) is 0 Å². The fourth-order valence-corrected chi connectivity index (χ4v) is 4.06. The molecule has 0 bridgehead atoms. The van der Waals surface area contributed by atoms with Crippen LogP contribution in [-0.2, 0) is 6.54 Å². The maximum absolute atomic E-state index is 3.53. The fraction of sp³-hybridized carbons (Fsp3) is 0.692. The Kier molecular flexibility index (Phi) is 4.86. The van der Waals surface area contributed by atoms with Crippen LogP contribution in [0.4, 0.5) is 0 Å². The molecule has 1 aliphatic carbocycles. The van der Waals surface area contributed by atoms with Crippen molar-refractivity contribution in [2.75, 3.05) is 6.54 Å². The van der Waals surface area contributed by atoms with Gasteiger partial charge in [0.1, 0.15) is 0 Å². The number of nitrogens with zero attached hydrogens (tertiary/aromatic N) is 1. The van der Waals surface area contributed by atoms with E-state index < -0.39 is 0 Å². The van der Waals surface area contributed by atoms with E-state index in [9.17, 15) is 0 Å². The van der Waals surface area contributed by atoms with Crippen LogP contribution in [0.1, 0.15) is 43.9 Å². The Morgan fingerprint density at radius 3 is 2.69 bits per heavy atom. The molecule has 0 atom stereocenters. The Morgan fingerprint density at radius 2 is 2.12 bits per heavy atom. The standard InChI is InChI=1S/C13H20BrNS/c1-2-15(12-6-4-3-5-7-12)9-13-8-11(14)10-16-13/h8,10,12H,2-7,9H2,1H3. The average Bonchev–Trinajstić information content (AvgIpc) is 2.73. The van der Waals surface area contributed by atoms with Crippen LogP contribution in [0.15, 0.2) is 15.9 Å². The Bertz CT molecular complexity index is 317. The van der Waals surface area contributed by atoms with Crippen LogP contribution in [-0.4, -0.2) is 17.5 Å². The van der Waals surface area contributed by atoms with Crippen molar-refractivity contribution in [2.45, 2.75) is 51.6 Å². The number of halogens is 1. The molecular weight excluding hydrogens is 282 g/mol. The lowest BCUT2D eigenvalue weighted by molar-refractivity contribution is 0.157. The minimum atomic E-state index is 0.833. The van der Waals surface area contributed by atoms with Crippen LogP contribution in [0.25, 0.3) is 0 Å². The van der Waals surface area contributed by atoms with Crippen LogP contribution in [0.3, 0.4) is 0 Å². The third-order valence-electron chi connectivity index (χ3n) is 3.48. The predicted molar refractivity (Wildman–Crippen MR) is 75.0 cm³/mol. The molecule has 16 heavy (non-hydrogen) atoms. The van der Waals surface area contributed by atoms with Crippen LogP contribution in [0.2, 0.25) is 0 Å². The van der Waals surface area contributed by atoms with Gasteiger partial charge < -0.3 is 0 Å². The van der Waals surface area contributed by atoms with Gasteiger partial charge in [-0.2, -0.15) is 0 Å². The monoisotopic (exact) mass is 301 g/mol. The molecule has 1 aliphatic rings. The summed E-state index contributed by atoms with van der Waals surface area (Å²) in [5, 5.41) is 2.18. The molecular formula is C13H20BrNS. The molecule has 0 saturated heterocycles. The third kappa shape index (κ3) is 3.31. The van der Waals surface area contributed by atoms with Gasteiger partial charge in [-0.05, 0) is 41.4 Å². The lowest BCUT2D eigenvalue weighted by Crippen LogP contribution is -2.35. The largest absolute Gasteiger partial charge is 0.296 e. The molecule has 1 saturated carbocycles. The van der Waals surface area contributed by atoms with Crippen LogP contribution >= 0.6 is 27.3 Å². The third-order valence-corrected chi connectivity index (χ3v) is 5.16. The van der Waals surface area contributed by atoms with Gasteiger partial charge in [-0.3, -0.25) is 4.90 Å². The van der Waals surface area contributed by atoms with Crippen molar-refractivity contribution < 1.29 is 0 Å². The van der Waals surface area contributed by atoms with E-state index in [4.69, 9.17) is 0 Å². The summed E-state index contributed by atoms with van der Waals surface area (Å²) in [6, 6.07) is 3.09. The minimum Gasteiger partial charge on any atom is -0.296 e. The van der Waals surface area contributed by atoms with Gasteiger partial charge in [0, 0.05) is 27.3 Å². The molecule has 1 nitrogen and oxygen atoms in total. The molecule has 90 valence electrons. The number of thiophene rings is 1. The molecule has 0 unspecified atom stereocenters. The smallest absolute Gasteiger partial charge is 0.0331 e. The van der Waals surface area contributed by atoms with E-state index in [2.05, 4.69) is 39.2 Å². The molecule has 1 heterocycles. The Hall–Kier alpha value is 0.140. The van der Waals surface area contributed by atoms with Crippen molar-refractivity contribution in [3.05, 3.63) is 20.8 Å². The number of hydrogen-bond donors (Lipinski definition) is 0. The molecule has 0 spiro atoms. The quantitative estimate of drug-likeness (QED) is 0.781. The first-order valence-electron chi connectivity index (χ1n) is 6.26. The van der Waals surface area contributed by atoms with Crippen LogP contribution in [0, 0.1) is 0 Å². The highest BCUT2D eigenvalue weighted by atomic mass is 79.9. The number of hydrogen-bond acceptors (Lipinski definition) is 2. The van der Waals surface area contributed by atoms with Crippen molar-refractivity contribution in [2.24, 2.45) is 0 Å². The van der Waals surface area contributed by atoms with E-state index in [1.165, 1.54) is 48.0 Å². The average molecular weight is 302 g/mol. The van der Waals surface area contributed by atoms with Gasteiger partial charge in [0.15, 0.2) is 0 Å². The first-order valence-corrected chi connectivity index (χ1v) is 7.94. The Labute approximate surface area is 111 Å². The van der Waals surface area contributed by atoms with Gasteiger partial charge in [-0.1, -0.05) is 26.2 Å². The lowest BCUT2D eigenvalue weighted by atomic mass is 9.94. The molecule has 0 aromatic carbocycles. The zero-order chi connectivity index (χ0) is 11.4. The first-order chi connectivity index (χ1) is 7.79. The van der Waals surface area contributed by atoms with Gasteiger partial charge in [0.05, 0.1) is 0 Å². The van der Waals surface area contributed by atoms with Gasteiger partial charge in [0.2, 0.25) is 0 Å². The molecule has 0 N–H and O–H groups in total. The van der Waals surface area contributed by atoms with Crippen molar-refractivity contribution >= 4 is 27.3 Å². The zero-order valence-corrected chi connectivity index (χ0v) is 12.3. The lowest BCUT2D eigenvalue weighted by Gasteiger charge is -2.33. The van der Waals surface area contributed by atoms with Gasteiger partial charge >= 0.3 is 0 Å². The van der Waals surface area contributed by atoms with E-state index in [1.807, 2.05) is 11.3 Å². The second-order valence-corrected chi connectivity index (χ2v) is 6.50. The maximum Gasteiger partial charge on any atom is 0.0331 e. The van der Waals surface area contributed by atoms with E-state index in [0.717, 1.165) is 12.6 Å². The highest BCUT2D eigenvalue weighted by Gasteiger charge is 2.20. The summed E-state index contributed by atoms with van der Waals surface area (Å²) < 4.78 is 1.23. The summed E-state index contributed by atoms with van der Waals surface area (Å²) in [6.45, 7) is 4.61. The second kappa shape index (κ2) is 6.18. The summed E-state index contributed by atoms with van der Waals surface area (Å²) in [7, 11) is 0. The summed E-state index contributed by atoms with van der Waals surface area (Å²) in [6.07, 6.45) is 7.10. The molecule has 3 heteroatoms. The first kappa shape index (κ1) is 12.6. The molecule has 0 aliphatic heterocycles. The predicted octanol–water partition coefficient (Wildman–Crippen LogP) is 4.67. The van der Waals surface area contributed by atoms with Gasteiger partial charge in [-0.25, -0.2) is 0 Å². The van der Waals surface area contributed by atoms with Crippen molar-refractivity contribution in [1.29, 1.82) is 0 Å². The molecule has 1 aromatic rings. The van der Waals surface area contributed by atoms with E-state index in [1.54, 1.807) is 0 Å². The molecule has 1 aromatic heterocycles. The van der Waals surface area contributed by atoms with Crippen LogP contribution in [0.5, 0.6) is 0 Å². The van der Waals surface area contributed by atoms with E-state index in [0.29, 0.717) is 0 Å². The highest BCUT2D eigenvalue weighted by Crippen LogP contribution is 2.26. The van der Waals surface area contributed by atoms with E-state index >= 15 is 0 Å². The highest BCUT2D eigenvalue weighted by molar-refractivity contribution is 9.10. The topological polar surface area (TPSA) is 3.24 Å². The molecule has 0 radical (unpaired) electrons. The SMILES string of the molecule is CCN(Cc1cc(Br)cs1)C1CCCCC1. The normalized spacial score (nSPS) is 18.2. The second-order valence-electron chi connectivity index (χ2n) is 4.59. The van der Waals surface area contributed by atoms with Crippen molar-refractivity contribution in [3.8, 4) is 0 Å². The molecule has 2 rings (SSSR count). The van der Waals surface area contributed by atoms with Gasteiger partial charge in [-0.15, -0.1) is 11.3 Å². The molecule has 1 fully saturated rings. The Morgan fingerprint density at radius 1 is 1.38 bits per heavy atom. The maximum atomic E-state index is 3.53. The Balaban J connectivity index is 1.94. The summed E-state index contributed by atoms with van der Waals surface area (Å²) in [5.74, 6) is 0. The summed E-state index contributed by atoms with van der Waals surface area (Å²) in [4.78, 5) is 4.14. The van der Waals surface area contributed by atoms with Gasteiger partial charge in [0.25, 0.3) is 0 Å². The fourth-order valence-electron chi connectivity index (χ4n) is 2.58. The molecule has 0 amide bonds. The minimum absolute atomic E-state index is 0.833. The number of rotatable bonds is 4. The zero-order valence-electron chi connectivity index (χ0n) is 9.92. The summed E-state index contributed by atoms with van der Waals surface area (Å²) in [5.41, 5.74) is 0. The van der Waals surface area contributed by atoms with Crippen molar-refractivity contribution in [1.82, 2.24) is 4.90 Å².